The van der Waals surface area contributed by atoms with Gasteiger partial charge in [-0.3, -0.25) is 9.80 Å². The molecule has 2 N–H and O–H groups in total. The van der Waals surface area contributed by atoms with E-state index in [9.17, 15) is 0 Å². The molecule has 1 aliphatic carbocycles. The largest absolute Gasteiger partial charge is 0.329 e. The summed E-state index contributed by atoms with van der Waals surface area (Å²) in [5.74, 6) is 0.954. The fraction of sp³-hybridized carbons (Fsp3) is 1.00. The van der Waals surface area contributed by atoms with Gasteiger partial charge in [0.05, 0.1) is 0 Å². The number of nitrogens with two attached hydrogens (primary N) is 1. The summed E-state index contributed by atoms with van der Waals surface area (Å²) >= 11 is 0. The van der Waals surface area contributed by atoms with Gasteiger partial charge in [0, 0.05) is 37.8 Å². The van der Waals surface area contributed by atoms with Crippen molar-refractivity contribution in [2.45, 2.75) is 75.9 Å². The van der Waals surface area contributed by atoms with Crippen molar-refractivity contribution < 1.29 is 0 Å². The lowest BCUT2D eigenvalue weighted by Gasteiger charge is -2.35. The molecule has 2 aliphatic heterocycles. The first-order valence-corrected chi connectivity index (χ1v) is 8.94. The van der Waals surface area contributed by atoms with E-state index < -0.39 is 0 Å². The topological polar surface area (TPSA) is 32.5 Å². The molecule has 0 aromatic heterocycles. The molecule has 2 bridgehead atoms. The summed E-state index contributed by atoms with van der Waals surface area (Å²) in [6.07, 6.45) is 12.8. The Morgan fingerprint density at radius 2 is 1.75 bits per heavy atom. The first-order chi connectivity index (χ1) is 9.78. The first-order valence-electron chi connectivity index (χ1n) is 8.94. The van der Waals surface area contributed by atoms with Crippen LogP contribution in [0.15, 0.2) is 0 Å². The Labute approximate surface area is 124 Å². The second-order valence-electron chi connectivity index (χ2n) is 7.46. The molecule has 3 aliphatic rings. The van der Waals surface area contributed by atoms with Gasteiger partial charge in [0.15, 0.2) is 0 Å². The summed E-state index contributed by atoms with van der Waals surface area (Å²) in [5, 5.41) is 0. The van der Waals surface area contributed by atoms with E-state index in [1.807, 2.05) is 0 Å². The molecule has 20 heavy (non-hydrogen) atoms. The highest BCUT2D eigenvalue weighted by molar-refractivity contribution is 4.93. The minimum Gasteiger partial charge on any atom is -0.329 e. The van der Waals surface area contributed by atoms with Crippen molar-refractivity contribution in [3.8, 4) is 0 Å². The van der Waals surface area contributed by atoms with Crippen LogP contribution in [-0.2, 0) is 0 Å². The molecule has 1 saturated carbocycles. The van der Waals surface area contributed by atoms with Gasteiger partial charge in [-0.05, 0) is 38.6 Å². The highest BCUT2D eigenvalue weighted by Crippen LogP contribution is 2.32. The third kappa shape index (κ3) is 3.20. The second-order valence-corrected chi connectivity index (χ2v) is 7.46. The molecule has 3 heteroatoms. The lowest BCUT2D eigenvalue weighted by atomic mass is 9.84. The second kappa shape index (κ2) is 6.76. The molecule has 3 atom stereocenters. The fourth-order valence-corrected chi connectivity index (χ4v) is 4.87. The lowest BCUT2D eigenvalue weighted by molar-refractivity contribution is 0.144. The Kier molecular flexibility index (Phi) is 5.00. The van der Waals surface area contributed by atoms with Crippen LogP contribution in [0, 0.1) is 5.92 Å². The van der Waals surface area contributed by atoms with Crippen LogP contribution in [0.1, 0.15) is 57.8 Å². The minimum atomic E-state index is 0.644. The SMILES string of the molecule is CN1C2CCC1CN(C(CN)CC1CCCCC1)CC2. The maximum atomic E-state index is 6.15. The van der Waals surface area contributed by atoms with Gasteiger partial charge >= 0.3 is 0 Å². The molecule has 3 unspecified atom stereocenters. The number of likely N-dealkylation sites (tertiary alicyclic amines) is 1. The molecule has 0 spiro atoms. The maximum Gasteiger partial charge on any atom is 0.0223 e. The number of hydrogen-bond donors (Lipinski definition) is 1. The molecule has 0 aromatic rings. The Balaban J connectivity index is 1.57. The molecule has 0 aromatic carbocycles. The van der Waals surface area contributed by atoms with Crippen molar-refractivity contribution >= 4 is 0 Å². The van der Waals surface area contributed by atoms with Crippen LogP contribution < -0.4 is 5.73 Å². The summed E-state index contributed by atoms with van der Waals surface area (Å²) in [5.41, 5.74) is 6.15. The number of rotatable bonds is 4. The lowest BCUT2D eigenvalue weighted by Crippen LogP contribution is -2.46. The number of likely N-dealkylation sites (N-methyl/N-ethyl adjacent to an activating group) is 1. The summed E-state index contributed by atoms with van der Waals surface area (Å²) in [7, 11) is 2.34. The summed E-state index contributed by atoms with van der Waals surface area (Å²) in [6, 6.07) is 2.28. The van der Waals surface area contributed by atoms with Gasteiger partial charge in [-0.2, -0.15) is 0 Å². The molecule has 3 fully saturated rings. The Bertz CT molecular complexity index is 301. The smallest absolute Gasteiger partial charge is 0.0223 e. The van der Waals surface area contributed by atoms with Crippen molar-refractivity contribution in [2.75, 3.05) is 26.7 Å². The average Bonchev–Trinajstić information content (AvgIpc) is 2.71. The van der Waals surface area contributed by atoms with Crippen molar-refractivity contribution in [3.63, 3.8) is 0 Å². The predicted molar refractivity (Wildman–Crippen MR) is 84.8 cm³/mol. The van der Waals surface area contributed by atoms with E-state index in [0.717, 1.165) is 24.5 Å². The van der Waals surface area contributed by atoms with E-state index in [1.165, 1.54) is 70.9 Å². The van der Waals surface area contributed by atoms with Crippen molar-refractivity contribution in [1.82, 2.24) is 9.80 Å². The maximum absolute atomic E-state index is 6.15. The van der Waals surface area contributed by atoms with Gasteiger partial charge in [0.2, 0.25) is 0 Å². The number of hydrogen-bond acceptors (Lipinski definition) is 3. The zero-order valence-corrected chi connectivity index (χ0v) is 13.3. The van der Waals surface area contributed by atoms with E-state index >= 15 is 0 Å². The van der Waals surface area contributed by atoms with E-state index in [4.69, 9.17) is 5.73 Å². The molecular formula is C17H33N3. The van der Waals surface area contributed by atoms with E-state index in [0.29, 0.717) is 6.04 Å². The standard InChI is InChI=1S/C17H33N3/c1-19-15-7-8-16(19)13-20(10-9-15)17(12-18)11-14-5-3-2-4-6-14/h14-17H,2-13,18H2,1H3. The highest BCUT2D eigenvalue weighted by Gasteiger charge is 2.36. The van der Waals surface area contributed by atoms with Crippen LogP contribution in [0.4, 0.5) is 0 Å². The normalized spacial score (nSPS) is 35.1. The van der Waals surface area contributed by atoms with Crippen molar-refractivity contribution in [1.29, 1.82) is 0 Å². The molecule has 0 amide bonds. The Morgan fingerprint density at radius 1 is 1.00 bits per heavy atom. The molecule has 3 nitrogen and oxygen atoms in total. The molecule has 2 heterocycles. The molecule has 2 saturated heterocycles. The van der Waals surface area contributed by atoms with Crippen LogP contribution >= 0.6 is 0 Å². The van der Waals surface area contributed by atoms with Crippen LogP contribution in [-0.4, -0.2) is 54.6 Å². The molecular weight excluding hydrogens is 246 g/mol. The quantitative estimate of drug-likeness (QED) is 0.858. The molecule has 3 rings (SSSR count). The summed E-state index contributed by atoms with van der Waals surface area (Å²) in [4.78, 5) is 5.39. The van der Waals surface area contributed by atoms with Gasteiger partial charge in [-0.25, -0.2) is 0 Å². The van der Waals surface area contributed by atoms with Crippen molar-refractivity contribution in [2.24, 2.45) is 11.7 Å². The fourth-order valence-electron chi connectivity index (χ4n) is 4.87. The highest BCUT2D eigenvalue weighted by atomic mass is 15.3. The number of fused-ring (bicyclic) bond motifs is 2. The Hall–Kier alpha value is -0.120. The van der Waals surface area contributed by atoms with Gasteiger partial charge in [-0.1, -0.05) is 32.1 Å². The summed E-state index contributed by atoms with van der Waals surface area (Å²) < 4.78 is 0. The molecule has 0 radical (unpaired) electrons. The van der Waals surface area contributed by atoms with Gasteiger partial charge in [0.25, 0.3) is 0 Å². The zero-order chi connectivity index (χ0) is 13.9. The molecule has 116 valence electrons. The van der Waals surface area contributed by atoms with Gasteiger partial charge in [0.1, 0.15) is 0 Å². The van der Waals surface area contributed by atoms with Crippen LogP contribution in [0.3, 0.4) is 0 Å². The number of nitrogens with zero attached hydrogens (tertiary/aromatic N) is 2. The zero-order valence-electron chi connectivity index (χ0n) is 13.3. The van der Waals surface area contributed by atoms with Crippen LogP contribution in [0.5, 0.6) is 0 Å². The van der Waals surface area contributed by atoms with E-state index in [-0.39, 0.29) is 0 Å². The summed E-state index contributed by atoms with van der Waals surface area (Å²) in [6.45, 7) is 3.40. The third-order valence-electron chi connectivity index (χ3n) is 6.30. The van der Waals surface area contributed by atoms with Crippen molar-refractivity contribution in [3.05, 3.63) is 0 Å². The Morgan fingerprint density at radius 3 is 2.50 bits per heavy atom. The average molecular weight is 279 g/mol. The van der Waals surface area contributed by atoms with Gasteiger partial charge in [-0.15, -0.1) is 0 Å². The van der Waals surface area contributed by atoms with Gasteiger partial charge < -0.3 is 5.73 Å². The monoisotopic (exact) mass is 279 g/mol. The first kappa shape index (κ1) is 14.8. The van der Waals surface area contributed by atoms with Crippen LogP contribution in [0.25, 0.3) is 0 Å². The van der Waals surface area contributed by atoms with Crippen LogP contribution in [0.2, 0.25) is 0 Å². The van der Waals surface area contributed by atoms with E-state index in [1.54, 1.807) is 0 Å². The third-order valence-corrected chi connectivity index (χ3v) is 6.30. The van der Waals surface area contributed by atoms with E-state index in [2.05, 4.69) is 16.8 Å². The predicted octanol–water partition coefficient (Wildman–Crippen LogP) is 2.45. The minimum absolute atomic E-state index is 0.644.